The van der Waals surface area contributed by atoms with Gasteiger partial charge in [0.15, 0.2) is 6.10 Å². The zero-order chi connectivity index (χ0) is 48.6. The third-order valence-corrected chi connectivity index (χ3v) is 12.5. The van der Waals surface area contributed by atoms with Crippen LogP contribution in [0, 0.1) is 0 Å². The zero-order valence-corrected chi connectivity index (χ0v) is 44.4. The van der Waals surface area contributed by atoms with Crippen molar-refractivity contribution in [2.45, 2.75) is 297 Å². The average Bonchev–Trinajstić information content (AvgIpc) is 3.33. The van der Waals surface area contributed by atoms with E-state index in [4.69, 9.17) is 14.2 Å². The van der Waals surface area contributed by atoms with Gasteiger partial charge in [0.2, 0.25) is 0 Å². The molecule has 6 heteroatoms. The van der Waals surface area contributed by atoms with Gasteiger partial charge in [-0.3, -0.25) is 14.4 Å². The molecule has 67 heavy (non-hydrogen) atoms. The van der Waals surface area contributed by atoms with Crippen molar-refractivity contribution in [3.63, 3.8) is 0 Å². The monoisotopic (exact) mass is 937 g/mol. The SMILES string of the molecule is CCCCC/C=C\C/C=C\C/C=C\C/C=C\CCCCCC(=O)OC[C@H](COC(=O)CCCCCCCCCCCCCCCCC)OC(=O)CCCCCCC/C=C\CCCCCCCC. The zero-order valence-electron chi connectivity index (χ0n) is 44.4. The van der Waals surface area contributed by atoms with E-state index >= 15 is 0 Å². The molecule has 0 unspecified atom stereocenters. The van der Waals surface area contributed by atoms with E-state index < -0.39 is 6.10 Å². The van der Waals surface area contributed by atoms with Crippen LogP contribution in [0.5, 0.6) is 0 Å². The summed E-state index contributed by atoms with van der Waals surface area (Å²) in [6, 6.07) is 0. The first kappa shape index (κ1) is 64.1. The summed E-state index contributed by atoms with van der Waals surface area (Å²) >= 11 is 0. The summed E-state index contributed by atoms with van der Waals surface area (Å²) in [4.78, 5) is 38.1. The predicted molar refractivity (Wildman–Crippen MR) is 288 cm³/mol. The first-order valence-electron chi connectivity index (χ1n) is 28.8. The van der Waals surface area contributed by atoms with E-state index in [2.05, 4.69) is 81.5 Å². The second kappa shape index (κ2) is 55.7. The molecule has 0 aliphatic heterocycles. The number of hydrogen-bond donors (Lipinski definition) is 0. The van der Waals surface area contributed by atoms with E-state index in [0.29, 0.717) is 19.3 Å². The molecular weight excluding hydrogens is 829 g/mol. The minimum absolute atomic E-state index is 0.0853. The fourth-order valence-electron chi connectivity index (χ4n) is 8.13. The first-order chi connectivity index (χ1) is 33.0. The molecule has 0 aliphatic rings. The van der Waals surface area contributed by atoms with Crippen molar-refractivity contribution in [3.8, 4) is 0 Å². The second-order valence-electron chi connectivity index (χ2n) is 19.2. The van der Waals surface area contributed by atoms with E-state index in [0.717, 1.165) is 96.3 Å². The molecule has 0 rings (SSSR count). The van der Waals surface area contributed by atoms with Gasteiger partial charge in [-0.15, -0.1) is 0 Å². The smallest absolute Gasteiger partial charge is 0.306 e. The van der Waals surface area contributed by atoms with Crippen LogP contribution in [0.25, 0.3) is 0 Å². The fraction of sp³-hybridized carbons (Fsp3) is 0.787. The van der Waals surface area contributed by atoms with Crippen LogP contribution in [0.1, 0.15) is 290 Å². The maximum atomic E-state index is 12.8. The standard InChI is InChI=1S/C61H108O6/c1-4-7-10-13-16-19-22-25-28-29-30-31-34-36-39-42-45-48-51-54-60(63)66-57-58(67-61(64)55-52-49-46-43-40-37-33-27-24-21-18-15-12-9-6-3)56-65-59(62)53-50-47-44-41-38-35-32-26-23-20-17-14-11-8-5-2/h16,19,25,27-28,30-31,33,36,39,58H,4-15,17-18,20-24,26,29,32,34-35,37-38,40-57H2,1-3H3/b19-16-,28-25-,31-30-,33-27-,39-36-/t58-/m0/s1. The lowest BCUT2D eigenvalue weighted by atomic mass is 10.0. The minimum Gasteiger partial charge on any atom is -0.462 e. The summed E-state index contributed by atoms with van der Waals surface area (Å²) in [7, 11) is 0. The third-order valence-electron chi connectivity index (χ3n) is 12.5. The van der Waals surface area contributed by atoms with Crippen LogP contribution >= 0.6 is 0 Å². The normalized spacial score (nSPS) is 12.5. The Balaban J connectivity index is 4.43. The van der Waals surface area contributed by atoms with Crippen molar-refractivity contribution in [1.29, 1.82) is 0 Å². The lowest BCUT2D eigenvalue weighted by Gasteiger charge is -2.18. The molecule has 0 saturated carbocycles. The number of ether oxygens (including phenoxy) is 3. The molecule has 0 spiro atoms. The maximum absolute atomic E-state index is 12.8. The lowest BCUT2D eigenvalue weighted by molar-refractivity contribution is -0.167. The van der Waals surface area contributed by atoms with Crippen LogP contribution in [0.15, 0.2) is 60.8 Å². The van der Waals surface area contributed by atoms with Gasteiger partial charge in [-0.25, -0.2) is 0 Å². The Morgan fingerprint density at radius 1 is 0.299 bits per heavy atom. The van der Waals surface area contributed by atoms with Gasteiger partial charge < -0.3 is 14.2 Å². The summed E-state index contributed by atoms with van der Waals surface area (Å²) in [6.45, 7) is 6.60. The van der Waals surface area contributed by atoms with E-state index in [-0.39, 0.29) is 31.1 Å². The molecule has 0 aromatic heterocycles. The Kier molecular flexibility index (Phi) is 53.3. The molecule has 388 valence electrons. The van der Waals surface area contributed by atoms with E-state index in [1.807, 2.05) is 0 Å². The molecule has 0 aromatic rings. The van der Waals surface area contributed by atoms with Crippen LogP contribution in [0.4, 0.5) is 0 Å². The van der Waals surface area contributed by atoms with Gasteiger partial charge in [0, 0.05) is 19.3 Å². The van der Waals surface area contributed by atoms with E-state index in [1.54, 1.807) is 0 Å². The van der Waals surface area contributed by atoms with E-state index in [9.17, 15) is 14.4 Å². The number of carbonyl (C=O) groups excluding carboxylic acids is 3. The second-order valence-corrected chi connectivity index (χ2v) is 19.2. The van der Waals surface area contributed by atoms with Crippen molar-refractivity contribution >= 4 is 17.9 Å². The summed E-state index contributed by atoms with van der Waals surface area (Å²) < 4.78 is 16.8. The van der Waals surface area contributed by atoms with Crippen molar-refractivity contribution in [1.82, 2.24) is 0 Å². The van der Waals surface area contributed by atoms with Crippen LogP contribution in [-0.2, 0) is 28.6 Å². The highest BCUT2D eigenvalue weighted by molar-refractivity contribution is 5.71. The molecule has 0 bridgehead atoms. The number of carbonyl (C=O) groups is 3. The van der Waals surface area contributed by atoms with Crippen LogP contribution in [0.2, 0.25) is 0 Å². The first-order valence-corrected chi connectivity index (χ1v) is 28.8. The molecule has 0 heterocycles. The molecule has 0 fully saturated rings. The largest absolute Gasteiger partial charge is 0.462 e. The molecule has 0 aromatic carbocycles. The van der Waals surface area contributed by atoms with Crippen molar-refractivity contribution in [3.05, 3.63) is 60.8 Å². The fourth-order valence-corrected chi connectivity index (χ4v) is 8.13. The van der Waals surface area contributed by atoms with Crippen LogP contribution < -0.4 is 0 Å². The number of hydrogen-bond acceptors (Lipinski definition) is 6. The molecule has 0 radical (unpaired) electrons. The topological polar surface area (TPSA) is 78.9 Å². The molecule has 0 saturated heterocycles. The van der Waals surface area contributed by atoms with Gasteiger partial charge in [-0.2, -0.15) is 0 Å². The predicted octanol–water partition coefficient (Wildman–Crippen LogP) is 19.2. The van der Waals surface area contributed by atoms with Crippen LogP contribution in [0.3, 0.4) is 0 Å². The number of esters is 3. The summed E-state index contributed by atoms with van der Waals surface area (Å²) in [5.74, 6) is -0.914. The van der Waals surface area contributed by atoms with Gasteiger partial charge in [-0.05, 0) is 89.9 Å². The minimum atomic E-state index is -0.790. The van der Waals surface area contributed by atoms with Crippen molar-refractivity contribution in [2.75, 3.05) is 13.2 Å². The summed E-state index contributed by atoms with van der Waals surface area (Å²) in [5.41, 5.74) is 0. The molecular formula is C61H108O6. The van der Waals surface area contributed by atoms with Crippen LogP contribution in [-0.4, -0.2) is 37.2 Å². The molecule has 1 atom stereocenters. The van der Waals surface area contributed by atoms with Gasteiger partial charge in [-0.1, -0.05) is 242 Å². The number of rotatable bonds is 52. The molecule has 0 N–H and O–H groups in total. The maximum Gasteiger partial charge on any atom is 0.306 e. The molecule has 6 nitrogen and oxygen atoms in total. The lowest BCUT2D eigenvalue weighted by Crippen LogP contribution is -2.30. The average molecular weight is 938 g/mol. The molecule has 0 aliphatic carbocycles. The van der Waals surface area contributed by atoms with Crippen molar-refractivity contribution in [2.24, 2.45) is 0 Å². The quantitative estimate of drug-likeness (QED) is 0.0262. The van der Waals surface area contributed by atoms with E-state index in [1.165, 1.54) is 154 Å². The van der Waals surface area contributed by atoms with Gasteiger partial charge >= 0.3 is 17.9 Å². The third kappa shape index (κ3) is 53.9. The van der Waals surface area contributed by atoms with Gasteiger partial charge in [0.25, 0.3) is 0 Å². The highest BCUT2D eigenvalue weighted by Gasteiger charge is 2.19. The number of allylic oxidation sites excluding steroid dienone is 10. The van der Waals surface area contributed by atoms with Gasteiger partial charge in [0.05, 0.1) is 0 Å². The Bertz CT molecular complexity index is 1210. The Morgan fingerprint density at radius 2 is 0.537 bits per heavy atom. The highest BCUT2D eigenvalue weighted by atomic mass is 16.6. The number of unbranched alkanes of at least 4 members (excludes halogenated alkanes) is 31. The Labute approximate surface area is 415 Å². The summed E-state index contributed by atoms with van der Waals surface area (Å²) in [5, 5.41) is 0. The van der Waals surface area contributed by atoms with Crippen molar-refractivity contribution < 1.29 is 28.6 Å². The Hall–Kier alpha value is -2.89. The highest BCUT2D eigenvalue weighted by Crippen LogP contribution is 2.16. The Morgan fingerprint density at radius 3 is 0.896 bits per heavy atom. The summed E-state index contributed by atoms with van der Waals surface area (Å²) in [6.07, 6.45) is 69.2. The van der Waals surface area contributed by atoms with Gasteiger partial charge in [0.1, 0.15) is 13.2 Å². The molecule has 0 amide bonds.